The number of hydrogen-bond donors (Lipinski definition) is 1. The van der Waals surface area contributed by atoms with Crippen molar-refractivity contribution in [3.63, 3.8) is 0 Å². The fourth-order valence-corrected chi connectivity index (χ4v) is 3.95. The van der Waals surface area contributed by atoms with Crippen LogP contribution >= 0.6 is 0 Å². The molecule has 1 atom stereocenters. The summed E-state index contributed by atoms with van der Waals surface area (Å²) in [7, 11) is 0. The molecule has 0 aliphatic carbocycles. The number of likely N-dealkylation sites (tertiary alicyclic amines) is 1. The van der Waals surface area contributed by atoms with Crippen molar-refractivity contribution in [3.05, 3.63) is 53.6 Å². The van der Waals surface area contributed by atoms with Gasteiger partial charge in [-0.2, -0.15) is 0 Å². The van der Waals surface area contributed by atoms with E-state index in [0.717, 1.165) is 32.5 Å². The van der Waals surface area contributed by atoms with Gasteiger partial charge in [-0.05, 0) is 57.9 Å². The van der Waals surface area contributed by atoms with Crippen molar-refractivity contribution in [2.24, 2.45) is 0 Å². The molecule has 1 amide bonds. The van der Waals surface area contributed by atoms with Gasteiger partial charge in [0.15, 0.2) is 11.5 Å². The van der Waals surface area contributed by atoms with E-state index in [2.05, 4.69) is 34.5 Å². The zero-order chi connectivity index (χ0) is 22.1. The monoisotopic (exact) mass is 426 g/mol. The van der Waals surface area contributed by atoms with Crippen LogP contribution in [-0.2, 0) is 6.54 Å². The summed E-state index contributed by atoms with van der Waals surface area (Å²) in [5, 5.41) is 3.21. The lowest BCUT2D eigenvalue weighted by Gasteiger charge is -2.33. The highest BCUT2D eigenvalue weighted by atomic mass is 16.5. The number of carbonyl (C=O) groups is 1. The molecule has 2 aromatic rings. The predicted molar refractivity (Wildman–Crippen MR) is 122 cm³/mol. The quantitative estimate of drug-likeness (QED) is 0.615. The molecule has 1 aliphatic rings. The van der Waals surface area contributed by atoms with Crippen LogP contribution in [0.4, 0.5) is 0 Å². The first-order valence-corrected chi connectivity index (χ1v) is 11.3. The predicted octanol–water partition coefficient (Wildman–Crippen LogP) is 4.28. The maximum absolute atomic E-state index is 13.1. The Morgan fingerprint density at radius 2 is 1.65 bits per heavy atom. The topological polar surface area (TPSA) is 60.0 Å². The first-order valence-electron chi connectivity index (χ1n) is 11.3. The average Bonchev–Trinajstić information content (AvgIpc) is 2.77. The highest BCUT2D eigenvalue weighted by Gasteiger charge is 2.24. The Balaban J connectivity index is 1.71. The summed E-state index contributed by atoms with van der Waals surface area (Å²) in [5.74, 6) is 1.51. The van der Waals surface area contributed by atoms with Gasteiger partial charge in [0, 0.05) is 24.7 Å². The third-order valence-electron chi connectivity index (χ3n) is 5.26. The molecular weight excluding hydrogens is 392 g/mol. The van der Waals surface area contributed by atoms with Gasteiger partial charge in [0.1, 0.15) is 0 Å². The molecule has 2 aromatic carbocycles. The summed E-state index contributed by atoms with van der Waals surface area (Å²) in [6, 6.07) is 14.1. The zero-order valence-corrected chi connectivity index (χ0v) is 18.9. The molecule has 3 rings (SSSR count). The molecule has 31 heavy (non-hydrogen) atoms. The molecule has 1 aliphatic heterocycles. The summed E-state index contributed by atoms with van der Waals surface area (Å²) in [4.78, 5) is 15.5. The Labute approximate surface area is 185 Å². The van der Waals surface area contributed by atoms with Gasteiger partial charge in [0.05, 0.1) is 19.8 Å². The molecule has 6 nitrogen and oxygen atoms in total. The number of nitrogens with one attached hydrogen (secondary N) is 1. The van der Waals surface area contributed by atoms with Gasteiger partial charge < -0.3 is 19.5 Å². The summed E-state index contributed by atoms with van der Waals surface area (Å²) in [6.07, 6.45) is 2.04. The maximum Gasteiger partial charge on any atom is 0.251 e. The van der Waals surface area contributed by atoms with Gasteiger partial charge in [-0.25, -0.2) is 0 Å². The van der Waals surface area contributed by atoms with E-state index >= 15 is 0 Å². The number of hydrogen-bond acceptors (Lipinski definition) is 5. The number of carbonyl (C=O) groups excluding carboxylic acids is 1. The van der Waals surface area contributed by atoms with Gasteiger partial charge in [0.25, 0.3) is 5.91 Å². The van der Waals surface area contributed by atoms with Gasteiger partial charge in [-0.15, -0.1) is 0 Å². The molecule has 1 fully saturated rings. The third kappa shape index (κ3) is 6.37. The van der Waals surface area contributed by atoms with Crippen molar-refractivity contribution in [1.29, 1.82) is 0 Å². The van der Waals surface area contributed by atoms with Crippen molar-refractivity contribution in [2.45, 2.75) is 46.2 Å². The molecule has 0 bridgehead atoms. The highest BCUT2D eigenvalue weighted by Crippen LogP contribution is 2.39. The first-order chi connectivity index (χ1) is 15.1. The molecule has 1 unspecified atom stereocenters. The van der Waals surface area contributed by atoms with Crippen LogP contribution in [-0.4, -0.2) is 49.8 Å². The van der Waals surface area contributed by atoms with Crippen molar-refractivity contribution < 1.29 is 19.0 Å². The van der Waals surface area contributed by atoms with E-state index in [1.807, 2.05) is 26.8 Å². The average molecular weight is 427 g/mol. The number of benzene rings is 2. The van der Waals surface area contributed by atoms with Crippen LogP contribution < -0.4 is 19.5 Å². The van der Waals surface area contributed by atoms with Gasteiger partial charge in [0.2, 0.25) is 5.75 Å². The third-order valence-corrected chi connectivity index (χ3v) is 5.26. The second-order valence-electron chi connectivity index (χ2n) is 7.63. The van der Waals surface area contributed by atoms with Gasteiger partial charge in [-0.3, -0.25) is 9.69 Å². The minimum atomic E-state index is -0.114. The second-order valence-corrected chi connectivity index (χ2v) is 7.63. The fourth-order valence-electron chi connectivity index (χ4n) is 3.95. The van der Waals surface area contributed by atoms with E-state index < -0.39 is 0 Å². The van der Waals surface area contributed by atoms with Crippen LogP contribution in [0.5, 0.6) is 17.2 Å². The molecule has 1 saturated heterocycles. The van der Waals surface area contributed by atoms with Gasteiger partial charge in [-0.1, -0.05) is 30.3 Å². The van der Waals surface area contributed by atoms with E-state index in [9.17, 15) is 4.79 Å². The molecule has 6 heteroatoms. The number of amides is 1. The number of nitrogens with zero attached hydrogens (tertiary/aromatic N) is 1. The SMILES string of the molecule is CCOc1cc(C(=O)NC2CCCN(Cc3ccccc3)C2)cc(OCC)c1OCC. The highest BCUT2D eigenvalue weighted by molar-refractivity contribution is 5.95. The minimum absolute atomic E-state index is 0.114. The lowest BCUT2D eigenvalue weighted by molar-refractivity contribution is 0.0899. The summed E-state index contributed by atoms with van der Waals surface area (Å²) in [5.41, 5.74) is 1.82. The molecule has 0 radical (unpaired) electrons. The van der Waals surface area contributed by atoms with Crippen molar-refractivity contribution in [1.82, 2.24) is 10.2 Å². The molecule has 1 N–H and O–H groups in total. The minimum Gasteiger partial charge on any atom is -0.490 e. The number of rotatable bonds is 10. The van der Waals surface area contributed by atoms with E-state index in [4.69, 9.17) is 14.2 Å². The smallest absolute Gasteiger partial charge is 0.251 e. The second kappa shape index (κ2) is 11.6. The Bertz CT molecular complexity index is 814. The van der Waals surface area contributed by atoms with Crippen molar-refractivity contribution >= 4 is 5.91 Å². The molecule has 1 heterocycles. The number of piperidine rings is 1. The van der Waals surface area contributed by atoms with E-state index in [1.165, 1.54) is 5.56 Å². The summed E-state index contributed by atoms with van der Waals surface area (Å²) < 4.78 is 17.2. The largest absolute Gasteiger partial charge is 0.490 e. The summed E-state index contributed by atoms with van der Waals surface area (Å²) >= 11 is 0. The Hall–Kier alpha value is -2.73. The van der Waals surface area contributed by atoms with Crippen LogP contribution in [0, 0.1) is 0 Å². The molecule has 0 saturated carbocycles. The Morgan fingerprint density at radius 1 is 1.00 bits per heavy atom. The molecular formula is C25H34N2O4. The summed E-state index contributed by atoms with van der Waals surface area (Å²) in [6.45, 7) is 9.97. The normalized spacial score (nSPS) is 16.5. The molecule has 0 spiro atoms. The van der Waals surface area contributed by atoms with E-state index in [-0.39, 0.29) is 11.9 Å². The first kappa shape index (κ1) is 22.9. The van der Waals surface area contributed by atoms with E-state index in [1.54, 1.807) is 12.1 Å². The van der Waals surface area contributed by atoms with Crippen LogP contribution in [0.2, 0.25) is 0 Å². The Kier molecular flexibility index (Phi) is 8.59. The standard InChI is InChI=1S/C25H34N2O4/c1-4-29-22-15-20(16-23(30-5-2)24(22)31-6-3)25(28)26-21-13-10-14-27(18-21)17-19-11-8-7-9-12-19/h7-9,11-12,15-16,21H,4-6,10,13-14,17-18H2,1-3H3,(H,26,28). The van der Waals surface area contributed by atoms with Crippen molar-refractivity contribution in [3.8, 4) is 17.2 Å². The molecule has 168 valence electrons. The van der Waals surface area contributed by atoms with Gasteiger partial charge >= 0.3 is 0 Å². The maximum atomic E-state index is 13.1. The van der Waals surface area contributed by atoms with E-state index in [0.29, 0.717) is 42.6 Å². The van der Waals surface area contributed by atoms with Crippen molar-refractivity contribution in [2.75, 3.05) is 32.9 Å². The number of ether oxygens (including phenoxy) is 3. The van der Waals surface area contributed by atoms with Crippen LogP contribution in [0.1, 0.15) is 49.5 Å². The Morgan fingerprint density at radius 3 is 2.26 bits per heavy atom. The fraction of sp³-hybridized carbons (Fsp3) is 0.480. The van der Waals surface area contributed by atoms with Crippen LogP contribution in [0.25, 0.3) is 0 Å². The lowest BCUT2D eigenvalue weighted by Crippen LogP contribution is -2.47. The lowest BCUT2D eigenvalue weighted by atomic mass is 10.0. The zero-order valence-electron chi connectivity index (χ0n) is 18.9. The molecule has 0 aromatic heterocycles. The van der Waals surface area contributed by atoms with Crippen LogP contribution in [0.15, 0.2) is 42.5 Å². The van der Waals surface area contributed by atoms with Crippen LogP contribution in [0.3, 0.4) is 0 Å².